The number of hydrogen-bond acceptors (Lipinski definition) is 2. The monoisotopic (exact) mass is 409 g/mol. The molecule has 1 aliphatic heterocycles. The molecule has 0 aliphatic carbocycles. The predicted octanol–water partition coefficient (Wildman–Crippen LogP) is 2.88. The van der Waals surface area contributed by atoms with Crippen molar-refractivity contribution in [2.75, 3.05) is 6.54 Å². The van der Waals surface area contributed by atoms with Gasteiger partial charge in [-0.1, -0.05) is 30.3 Å². The van der Waals surface area contributed by atoms with Crippen molar-refractivity contribution in [1.82, 2.24) is 9.97 Å². The van der Waals surface area contributed by atoms with Gasteiger partial charge in [0.15, 0.2) is 5.82 Å². The van der Waals surface area contributed by atoms with Gasteiger partial charge in [0.2, 0.25) is 0 Å². The van der Waals surface area contributed by atoms with Crippen LogP contribution in [0.2, 0.25) is 0 Å². The van der Waals surface area contributed by atoms with Crippen molar-refractivity contribution in [1.29, 1.82) is 0 Å². The third-order valence-corrected chi connectivity index (χ3v) is 3.06. The molecule has 92 valence electrons. The summed E-state index contributed by atoms with van der Waals surface area (Å²) >= 11 is 0. The number of benzene rings is 1. The molecule has 18 heavy (non-hydrogen) atoms. The van der Waals surface area contributed by atoms with Gasteiger partial charge in [-0.25, -0.2) is 9.97 Å². The molecule has 2 aromatic rings. The minimum atomic E-state index is 0. The van der Waals surface area contributed by atoms with Crippen LogP contribution in [-0.2, 0) is 34.0 Å². The Labute approximate surface area is 123 Å². The molecule has 0 atom stereocenters. The molecule has 0 bridgehead atoms. The summed E-state index contributed by atoms with van der Waals surface area (Å²) in [5.74, 6) is 0.739. The number of nitrogens with zero attached hydrogens (tertiary/aromatic N) is 3. The Bertz CT molecular complexity index is 584. The van der Waals surface area contributed by atoms with E-state index < -0.39 is 0 Å². The van der Waals surface area contributed by atoms with E-state index in [2.05, 4.69) is 15.3 Å². The Kier molecular flexibility index (Phi) is 3.82. The van der Waals surface area contributed by atoms with Gasteiger partial charge in [0, 0.05) is 38.0 Å². The average molecular weight is 409 g/mol. The van der Waals surface area contributed by atoms with Crippen LogP contribution in [0.5, 0.6) is 0 Å². The van der Waals surface area contributed by atoms with Crippen molar-refractivity contribution in [2.24, 2.45) is 0 Å². The van der Waals surface area contributed by atoms with Crippen LogP contribution in [0.3, 0.4) is 0 Å². The summed E-state index contributed by atoms with van der Waals surface area (Å²) in [7, 11) is 0. The molecule has 1 aromatic heterocycles. The van der Waals surface area contributed by atoms with Gasteiger partial charge in [-0.2, -0.15) is 0 Å². The fourth-order valence-corrected chi connectivity index (χ4v) is 2.15. The normalized spacial score (nSPS) is 14.4. The van der Waals surface area contributed by atoms with Crippen molar-refractivity contribution >= 4 is 0 Å². The molecule has 0 spiro atoms. The van der Waals surface area contributed by atoms with Gasteiger partial charge in [0.1, 0.15) is 0 Å². The molecule has 0 amide bonds. The Morgan fingerprint density at radius 3 is 2.83 bits per heavy atom. The van der Waals surface area contributed by atoms with E-state index in [0.717, 1.165) is 35.7 Å². The third-order valence-electron chi connectivity index (χ3n) is 3.06. The summed E-state index contributed by atoms with van der Waals surface area (Å²) in [6.45, 7) is 3.61. The van der Waals surface area contributed by atoms with Crippen LogP contribution in [0.1, 0.15) is 18.3 Å². The van der Waals surface area contributed by atoms with Crippen LogP contribution >= 0.6 is 0 Å². The molecule has 0 radical (unpaired) electrons. The molecule has 0 saturated carbocycles. The minimum Gasteiger partial charge on any atom is -0.657 e. The van der Waals surface area contributed by atoms with E-state index in [9.17, 15) is 0 Å². The second kappa shape index (κ2) is 5.73. The van der Waals surface area contributed by atoms with Crippen LogP contribution in [-0.4, -0.2) is 16.5 Å². The SMILES string of the molecule is [2H]c1ccc(-c2nc(C)c3c(n2)C[N-]CC3)cc1.[W]. The molecule has 1 aliphatic rings. The Morgan fingerprint density at radius 1 is 1.28 bits per heavy atom. The van der Waals surface area contributed by atoms with Gasteiger partial charge in [0.05, 0.1) is 1.37 Å². The Hall–Kier alpha value is -1.05. The zero-order valence-electron chi connectivity index (χ0n) is 11.2. The molecular weight excluding hydrogens is 394 g/mol. The van der Waals surface area contributed by atoms with E-state index in [1.807, 2.05) is 19.1 Å². The predicted molar refractivity (Wildman–Crippen MR) is 67.8 cm³/mol. The van der Waals surface area contributed by atoms with E-state index in [1.54, 1.807) is 12.1 Å². The smallest absolute Gasteiger partial charge is 0.159 e. The van der Waals surface area contributed by atoms with Crippen molar-refractivity contribution in [3.63, 3.8) is 0 Å². The van der Waals surface area contributed by atoms with Gasteiger partial charge < -0.3 is 5.32 Å². The second-order valence-corrected chi connectivity index (χ2v) is 4.20. The molecule has 0 N–H and O–H groups in total. The fraction of sp³-hybridized carbons (Fsp3) is 0.286. The van der Waals surface area contributed by atoms with E-state index in [4.69, 9.17) is 1.37 Å². The molecule has 0 fully saturated rings. The number of aromatic nitrogens is 2. The summed E-state index contributed by atoms with van der Waals surface area (Å²) in [4.78, 5) is 9.18. The van der Waals surface area contributed by atoms with E-state index in [0.29, 0.717) is 12.6 Å². The van der Waals surface area contributed by atoms with E-state index >= 15 is 0 Å². The number of hydrogen-bond donors (Lipinski definition) is 0. The maximum Gasteiger partial charge on any atom is 0.159 e. The quantitative estimate of drug-likeness (QED) is 0.727. The summed E-state index contributed by atoms with van der Waals surface area (Å²) in [5, 5.41) is 4.39. The third kappa shape index (κ3) is 2.52. The number of fused-ring (bicyclic) bond motifs is 1. The van der Waals surface area contributed by atoms with Crippen LogP contribution < -0.4 is 0 Å². The Morgan fingerprint density at radius 2 is 2.06 bits per heavy atom. The molecule has 4 heteroatoms. The molecule has 1 aromatic carbocycles. The van der Waals surface area contributed by atoms with Crippen molar-refractivity contribution in [3.8, 4) is 11.4 Å². The average Bonchev–Trinajstić information content (AvgIpc) is 2.39. The van der Waals surface area contributed by atoms with Crippen molar-refractivity contribution in [2.45, 2.75) is 19.9 Å². The zero-order chi connectivity index (χ0) is 12.5. The van der Waals surface area contributed by atoms with Crippen LogP contribution in [0, 0.1) is 6.92 Å². The summed E-state index contributed by atoms with van der Waals surface area (Å²) in [6.07, 6.45) is 0.951. The van der Waals surface area contributed by atoms with Gasteiger partial charge in [-0.15, -0.1) is 13.1 Å². The van der Waals surface area contributed by atoms with Gasteiger partial charge in [-0.05, 0) is 18.9 Å². The summed E-state index contributed by atoms with van der Waals surface area (Å²) in [6, 6.07) is 7.81. The number of aryl methyl sites for hydroxylation is 1. The van der Waals surface area contributed by atoms with Crippen molar-refractivity contribution in [3.05, 3.63) is 52.6 Å². The van der Waals surface area contributed by atoms with Crippen LogP contribution in [0.25, 0.3) is 16.7 Å². The fourth-order valence-electron chi connectivity index (χ4n) is 2.15. The largest absolute Gasteiger partial charge is 0.657 e. The first kappa shape index (κ1) is 12.0. The molecule has 3 rings (SSSR count). The summed E-state index contributed by atoms with van der Waals surface area (Å²) in [5.41, 5.74) is 4.33. The van der Waals surface area contributed by atoms with Crippen LogP contribution in [0.15, 0.2) is 30.3 Å². The standard InChI is InChI=1S/C14H14N3.W/c1-10-12-7-8-15-9-13(12)17-14(16-10)11-5-3-2-4-6-11;/h2-6H,7-9H2,1H3;/q-1;/i2D;. The first-order valence-corrected chi connectivity index (χ1v) is 5.81. The maximum atomic E-state index is 7.49. The molecule has 0 saturated heterocycles. The van der Waals surface area contributed by atoms with Crippen molar-refractivity contribution < 1.29 is 22.4 Å². The summed E-state index contributed by atoms with van der Waals surface area (Å²) < 4.78 is 7.49. The maximum absolute atomic E-state index is 7.49. The zero-order valence-corrected chi connectivity index (χ0v) is 13.1. The molecule has 0 unspecified atom stereocenters. The molecular formula is C14H14N3W-. The first-order valence-electron chi connectivity index (χ1n) is 6.31. The van der Waals surface area contributed by atoms with E-state index in [-0.39, 0.29) is 21.1 Å². The minimum absolute atomic E-state index is 0. The van der Waals surface area contributed by atoms with Crippen LogP contribution in [0.4, 0.5) is 0 Å². The molecule has 2 heterocycles. The number of rotatable bonds is 1. The van der Waals surface area contributed by atoms with E-state index in [1.165, 1.54) is 5.56 Å². The first-order chi connectivity index (χ1) is 8.74. The topological polar surface area (TPSA) is 39.9 Å². The Balaban J connectivity index is 0.00000133. The van der Waals surface area contributed by atoms with Gasteiger partial charge in [0.25, 0.3) is 0 Å². The van der Waals surface area contributed by atoms with Gasteiger partial charge in [-0.3, -0.25) is 0 Å². The molecule has 3 nitrogen and oxygen atoms in total. The van der Waals surface area contributed by atoms with Gasteiger partial charge >= 0.3 is 0 Å². The second-order valence-electron chi connectivity index (χ2n) is 4.20.